The lowest BCUT2D eigenvalue weighted by atomic mass is 10.1. The van der Waals surface area contributed by atoms with E-state index in [-0.39, 0.29) is 17.5 Å². The highest BCUT2D eigenvalue weighted by Crippen LogP contribution is 2.40. The molecule has 0 N–H and O–H groups in total. The average Bonchev–Trinajstić information content (AvgIpc) is 3.08. The van der Waals surface area contributed by atoms with Gasteiger partial charge in [-0.2, -0.15) is 0 Å². The van der Waals surface area contributed by atoms with Crippen LogP contribution in [0.25, 0.3) is 0 Å². The highest BCUT2D eigenvalue weighted by Gasteiger charge is 2.41. The number of ether oxygens (including phenoxy) is 1. The number of hydrogen-bond acceptors (Lipinski definition) is 5. The summed E-state index contributed by atoms with van der Waals surface area (Å²) in [5, 5.41) is 0. The number of hydrogen-bond donors (Lipinski definition) is 0. The van der Waals surface area contributed by atoms with Crippen molar-refractivity contribution in [2.24, 2.45) is 0 Å². The van der Waals surface area contributed by atoms with E-state index in [1.165, 1.54) is 0 Å². The van der Waals surface area contributed by atoms with Crippen LogP contribution in [0.15, 0.2) is 47.4 Å². The van der Waals surface area contributed by atoms with Crippen molar-refractivity contribution < 1.29 is 17.9 Å². The van der Waals surface area contributed by atoms with Crippen molar-refractivity contribution in [2.45, 2.75) is 30.7 Å². The molecule has 0 bridgehead atoms. The molecule has 27 heavy (non-hydrogen) atoms. The number of nitrogens with zero attached hydrogens (tertiary/aromatic N) is 2. The van der Waals surface area contributed by atoms with E-state index in [9.17, 15) is 13.2 Å². The van der Waals surface area contributed by atoms with Gasteiger partial charge in [0.1, 0.15) is 5.75 Å². The number of aryl methyl sites for hydroxylation is 1. The first-order valence-electron chi connectivity index (χ1n) is 9.01. The van der Waals surface area contributed by atoms with Crippen LogP contribution in [-0.4, -0.2) is 44.9 Å². The molecule has 2 aliphatic heterocycles. The van der Waals surface area contributed by atoms with Gasteiger partial charge in [-0.3, -0.25) is 4.79 Å². The van der Waals surface area contributed by atoms with Crippen molar-refractivity contribution in [1.82, 2.24) is 4.31 Å². The van der Waals surface area contributed by atoms with Crippen molar-refractivity contribution in [3.8, 4) is 5.75 Å². The molecular formula is C20H22N2O4S. The number of methoxy groups -OCH3 is 1. The molecule has 1 amide bonds. The van der Waals surface area contributed by atoms with E-state index in [0.29, 0.717) is 17.0 Å². The Kier molecular flexibility index (Phi) is 4.34. The number of para-hydroxylation sites is 1. The molecule has 6 nitrogen and oxygen atoms in total. The first kappa shape index (κ1) is 17.9. The van der Waals surface area contributed by atoms with E-state index in [1.807, 2.05) is 13.0 Å². The summed E-state index contributed by atoms with van der Waals surface area (Å²) in [6.45, 7) is 2.82. The molecule has 4 rings (SSSR count). The van der Waals surface area contributed by atoms with Gasteiger partial charge in [-0.25, -0.2) is 12.7 Å². The molecule has 0 aromatic heterocycles. The third-order valence-corrected chi connectivity index (χ3v) is 7.09. The van der Waals surface area contributed by atoms with Gasteiger partial charge in [0, 0.05) is 12.6 Å². The standard InChI is InChI=1S/C20H22N2O4S/c1-14-8-10-16(11-9-14)27(24,25)22-13-15-5-4-12-21(15)19-17(20(22)23)6-3-7-18(19)26-2/h3,6-11,15H,4-5,12-13H2,1-2H3/t15-/m1/s1. The van der Waals surface area contributed by atoms with Gasteiger partial charge in [-0.05, 0) is 44.0 Å². The molecule has 0 saturated carbocycles. The second-order valence-electron chi connectivity index (χ2n) is 7.00. The SMILES string of the molecule is COc1cccc2c1N1CCC[C@@H]1CN(S(=O)(=O)c1ccc(C)cc1)C2=O. The number of carbonyl (C=O) groups excluding carboxylic acids is 1. The Morgan fingerprint density at radius 2 is 1.85 bits per heavy atom. The van der Waals surface area contributed by atoms with E-state index in [4.69, 9.17) is 4.74 Å². The van der Waals surface area contributed by atoms with Gasteiger partial charge in [0.05, 0.1) is 29.8 Å². The molecule has 7 heteroatoms. The lowest BCUT2D eigenvalue weighted by Crippen LogP contribution is -2.42. The lowest BCUT2D eigenvalue weighted by Gasteiger charge is -2.28. The van der Waals surface area contributed by atoms with Gasteiger partial charge in [-0.15, -0.1) is 0 Å². The van der Waals surface area contributed by atoms with Crippen LogP contribution in [0.4, 0.5) is 5.69 Å². The van der Waals surface area contributed by atoms with E-state index in [2.05, 4.69) is 4.90 Å². The van der Waals surface area contributed by atoms with Crippen LogP contribution >= 0.6 is 0 Å². The predicted octanol–water partition coefficient (Wildman–Crippen LogP) is 2.82. The van der Waals surface area contributed by atoms with Gasteiger partial charge >= 0.3 is 0 Å². The summed E-state index contributed by atoms with van der Waals surface area (Å²) in [7, 11) is -2.37. The molecule has 0 radical (unpaired) electrons. The first-order valence-corrected chi connectivity index (χ1v) is 10.4. The Bertz CT molecular complexity index is 986. The van der Waals surface area contributed by atoms with E-state index >= 15 is 0 Å². The van der Waals surface area contributed by atoms with Crippen LogP contribution < -0.4 is 9.64 Å². The number of sulfonamides is 1. The summed E-state index contributed by atoms with van der Waals surface area (Å²) >= 11 is 0. The maximum absolute atomic E-state index is 13.3. The molecule has 2 aliphatic rings. The van der Waals surface area contributed by atoms with Crippen molar-refractivity contribution in [1.29, 1.82) is 0 Å². The van der Waals surface area contributed by atoms with Gasteiger partial charge < -0.3 is 9.64 Å². The normalized spacial score (nSPS) is 19.5. The Morgan fingerprint density at radius 3 is 2.56 bits per heavy atom. The third-order valence-electron chi connectivity index (χ3n) is 5.33. The minimum Gasteiger partial charge on any atom is -0.495 e. The van der Waals surface area contributed by atoms with Crippen LogP contribution in [0.5, 0.6) is 5.75 Å². The van der Waals surface area contributed by atoms with Crippen molar-refractivity contribution in [3.63, 3.8) is 0 Å². The molecule has 0 spiro atoms. The van der Waals surface area contributed by atoms with Gasteiger partial charge in [-0.1, -0.05) is 23.8 Å². The van der Waals surface area contributed by atoms with Crippen molar-refractivity contribution in [3.05, 3.63) is 53.6 Å². The summed E-state index contributed by atoms with van der Waals surface area (Å²) in [4.78, 5) is 15.5. The fraction of sp³-hybridized carbons (Fsp3) is 0.350. The van der Waals surface area contributed by atoms with Crippen LogP contribution in [0.1, 0.15) is 28.8 Å². The molecule has 2 heterocycles. The molecule has 142 valence electrons. The molecule has 1 fully saturated rings. The number of benzene rings is 2. The van der Waals surface area contributed by atoms with E-state index in [0.717, 1.165) is 29.3 Å². The molecule has 1 saturated heterocycles. The van der Waals surface area contributed by atoms with Crippen molar-refractivity contribution >= 4 is 21.6 Å². The predicted molar refractivity (Wildman–Crippen MR) is 103 cm³/mol. The highest BCUT2D eigenvalue weighted by atomic mass is 32.2. The minimum absolute atomic E-state index is 0.0493. The third kappa shape index (κ3) is 2.86. The number of rotatable bonds is 3. The van der Waals surface area contributed by atoms with Crippen LogP contribution in [0, 0.1) is 6.92 Å². The van der Waals surface area contributed by atoms with Crippen LogP contribution in [0.2, 0.25) is 0 Å². The van der Waals surface area contributed by atoms with Gasteiger partial charge in [0.15, 0.2) is 0 Å². The van der Waals surface area contributed by atoms with Crippen molar-refractivity contribution in [2.75, 3.05) is 25.1 Å². The quantitative estimate of drug-likeness (QED) is 0.812. The maximum Gasteiger partial charge on any atom is 0.269 e. The number of carbonyl (C=O) groups is 1. The lowest BCUT2D eigenvalue weighted by molar-refractivity contribution is 0.0862. The average molecular weight is 386 g/mol. The Morgan fingerprint density at radius 1 is 1.11 bits per heavy atom. The maximum atomic E-state index is 13.3. The summed E-state index contributed by atoms with van der Waals surface area (Å²) in [6, 6.07) is 11.8. The summed E-state index contributed by atoms with van der Waals surface area (Å²) in [5.41, 5.74) is 2.04. The van der Waals surface area contributed by atoms with Crippen LogP contribution in [-0.2, 0) is 10.0 Å². The minimum atomic E-state index is -3.94. The zero-order valence-electron chi connectivity index (χ0n) is 15.4. The number of fused-ring (bicyclic) bond motifs is 3. The molecular weight excluding hydrogens is 364 g/mol. The fourth-order valence-corrected chi connectivity index (χ4v) is 5.35. The summed E-state index contributed by atoms with van der Waals surface area (Å²) < 4.78 is 33.1. The smallest absolute Gasteiger partial charge is 0.269 e. The van der Waals surface area contributed by atoms with E-state index < -0.39 is 15.9 Å². The second kappa shape index (κ2) is 6.56. The Labute approximate surface area is 159 Å². The Balaban J connectivity index is 1.86. The first-order chi connectivity index (χ1) is 12.9. The fourth-order valence-electron chi connectivity index (χ4n) is 3.93. The molecule has 0 unspecified atom stereocenters. The van der Waals surface area contributed by atoms with E-state index in [1.54, 1.807) is 43.5 Å². The number of anilines is 1. The summed E-state index contributed by atoms with van der Waals surface area (Å²) in [5.74, 6) is 0.0983. The molecule has 2 aromatic carbocycles. The largest absolute Gasteiger partial charge is 0.495 e. The monoisotopic (exact) mass is 386 g/mol. The molecule has 2 aromatic rings. The zero-order chi connectivity index (χ0) is 19.2. The topological polar surface area (TPSA) is 66.9 Å². The molecule has 1 atom stereocenters. The van der Waals surface area contributed by atoms with Gasteiger partial charge in [0.25, 0.3) is 15.9 Å². The summed E-state index contributed by atoms with van der Waals surface area (Å²) in [6.07, 6.45) is 1.79. The second-order valence-corrected chi connectivity index (χ2v) is 8.86. The highest BCUT2D eigenvalue weighted by molar-refractivity contribution is 7.89. The van der Waals surface area contributed by atoms with Gasteiger partial charge in [0.2, 0.25) is 0 Å². The number of amides is 1. The molecule has 0 aliphatic carbocycles. The Hall–Kier alpha value is -2.54. The zero-order valence-corrected chi connectivity index (χ0v) is 16.2. The van der Waals surface area contributed by atoms with Crippen LogP contribution in [0.3, 0.4) is 0 Å².